The predicted octanol–water partition coefficient (Wildman–Crippen LogP) is 4.28. The molecule has 1 aromatic carbocycles. The van der Waals surface area contributed by atoms with Crippen LogP contribution in [0.15, 0.2) is 54.9 Å². The van der Waals surface area contributed by atoms with E-state index in [-0.39, 0.29) is 6.04 Å². The molecule has 0 saturated carbocycles. The lowest BCUT2D eigenvalue weighted by Gasteiger charge is -2.29. The number of aryl methyl sites for hydroxylation is 3. The number of amides is 1. The molecule has 0 aliphatic rings. The zero-order chi connectivity index (χ0) is 21.7. The molecular formula is C24H28N4O2. The van der Waals surface area contributed by atoms with Crippen molar-refractivity contribution in [2.45, 2.75) is 46.8 Å². The van der Waals surface area contributed by atoms with Crippen molar-refractivity contribution in [3.63, 3.8) is 0 Å². The number of carbonyl (C=O) groups is 1. The molecule has 6 nitrogen and oxygen atoms in total. The van der Waals surface area contributed by atoms with Crippen molar-refractivity contribution in [3.05, 3.63) is 94.1 Å². The molecule has 156 valence electrons. The van der Waals surface area contributed by atoms with Crippen LogP contribution in [0.25, 0.3) is 0 Å². The van der Waals surface area contributed by atoms with Gasteiger partial charge in [-0.2, -0.15) is 0 Å². The predicted molar refractivity (Wildman–Crippen MR) is 116 cm³/mol. The van der Waals surface area contributed by atoms with Crippen LogP contribution in [0, 0.1) is 20.8 Å². The molecule has 0 bridgehead atoms. The molecule has 0 aliphatic carbocycles. The number of hydrogen-bond acceptors (Lipinski definition) is 5. The highest BCUT2D eigenvalue weighted by Crippen LogP contribution is 2.24. The number of hydrogen-bond donors (Lipinski definition) is 2. The molecule has 0 unspecified atom stereocenters. The molecule has 3 aromatic rings. The van der Waals surface area contributed by atoms with E-state index >= 15 is 0 Å². The Bertz CT molecular complexity index is 1020. The number of rotatable bonds is 7. The summed E-state index contributed by atoms with van der Waals surface area (Å²) >= 11 is 0. The molecule has 1 amide bonds. The van der Waals surface area contributed by atoms with E-state index in [9.17, 15) is 4.79 Å². The largest absolute Gasteiger partial charge is 0.288 e. The minimum atomic E-state index is -0.518. The van der Waals surface area contributed by atoms with E-state index in [1.807, 2.05) is 37.5 Å². The van der Waals surface area contributed by atoms with E-state index in [2.05, 4.69) is 47.8 Å². The first-order valence-corrected chi connectivity index (χ1v) is 9.99. The van der Waals surface area contributed by atoms with Crippen molar-refractivity contribution in [1.82, 2.24) is 20.3 Å². The Hall–Kier alpha value is -3.09. The standard InChI is InChI=1S/C24H28N4O2/c1-16-9-10-25-22(12-16)19(4)28(15-23-18(3)11-17(2)13-26-23)14-20-5-7-21(8-6-20)24(29)27-30/h5-13,19,30H,14-15H2,1-4H3,(H,27,29)/t19-/m0/s1. The van der Waals surface area contributed by atoms with E-state index in [0.717, 1.165) is 22.5 Å². The zero-order valence-electron chi connectivity index (χ0n) is 17.9. The van der Waals surface area contributed by atoms with Gasteiger partial charge in [-0.25, -0.2) is 5.48 Å². The Morgan fingerprint density at radius 1 is 1.03 bits per heavy atom. The molecule has 30 heavy (non-hydrogen) atoms. The summed E-state index contributed by atoms with van der Waals surface area (Å²) in [4.78, 5) is 23.2. The van der Waals surface area contributed by atoms with Crippen molar-refractivity contribution < 1.29 is 10.0 Å². The summed E-state index contributed by atoms with van der Waals surface area (Å²) in [5.74, 6) is -0.518. The van der Waals surface area contributed by atoms with Gasteiger partial charge in [0, 0.05) is 37.1 Å². The zero-order valence-corrected chi connectivity index (χ0v) is 17.9. The number of nitrogens with one attached hydrogen (secondary N) is 1. The van der Waals surface area contributed by atoms with Crippen LogP contribution >= 0.6 is 0 Å². The van der Waals surface area contributed by atoms with E-state index in [1.54, 1.807) is 17.6 Å². The third kappa shape index (κ3) is 5.28. The number of aromatic nitrogens is 2. The minimum Gasteiger partial charge on any atom is -0.288 e. The third-order valence-corrected chi connectivity index (χ3v) is 5.29. The summed E-state index contributed by atoms with van der Waals surface area (Å²) in [6, 6.07) is 13.6. The van der Waals surface area contributed by atoms with E-state index in [0.29, 0.717) is 18.7 Å². The monoisotopic (exact) mass is 404 g/mol. The fraction of sp³-hybridized carbons (Fsp3) is 0.292. The molecule has 0 radical (unpaired) electrons. The van der Waals surface area contributed by atoms with Crippen molar-refractivity contribution in [1.29, 1.82) is 0 Å². The number of nitrogens with zero attached hydrogens (tertiary/aromatic N) is 3. The molecule has 0 fully saturated rings. The molecule has 3 rings (SSSR count). The molecular weight excluding hydrogens is 376 g/mol. The summed E-state index contributed by atoms with van der Waals surface area (Å²) in [5, 5.41) is 8.81. The smallest absolute Gasteiger partial charge is 0.274 e. The molecule has 2 heterocycles. The fourth-order valence-corrected chi connectivity index (χ4v) is 3.47. The van der Waals surface area contributed by atoms with Crippen LogP contribution in [0.2, 0.25) is 0 Å². The fourth-order valence-electron chi connectivity index (χ4n) is 3.47. The summed E-state index contributed by atoms with van der Waals surface area (Å²) in [6.45, 7) is 9.71. The van der Waals surface area contributed by atoms with Gasteiger partial charge in [-0.15, -0.1) is 0 Å². The van der Waals surface area contributed by atoms with Crippen LogP contribution in [0.3, 0.4) is 0 Å². The van der Waals surface area contributed by atoms with Gasteiger partial charge in [-0.1, -0.05) is 18.2 Å². The lowest BCUT2D eigenvalue weighted by atomic mass is 10.1. The van der Waals surface area contributed by atoms with Gasteiger partial charge < -0.3 is 0 Å². The number of carbonyl (C=O) groups excluding carboxylic acids is 1. The summed E-state index contributed by atoms with van der Waals surface area (Å²) < 4.78 is 0. The lowest BCUT2D eigenvalue weighted by Crippen LogP contribution is -2.28. The van der Waals surface area contributed by atoms with Gasteiger partial charge >= 0.3 is 0 Å². The summed E-state index contributed by atoms with van der Waals surface area (Å²) in [7, 11) is 0. The Labute approximate surface area is 177 Å². The molecule has 2 aromatic heterocycles. The SMILES string of the molecule is Cc1ccnc([C@H](C)N(Cc2ccc(C(=O)NO)cc2)Cc2ncc(C)cc2C)c1. The van der Waals surface area contributed by atoms with Gasteiger partial charge in [-0.05, 0) is 74.2 Å². The van der Waals surface area contributed by atoms with Crippen LogP contribution in [0.1, 0.15) is 57.0 Å². The van der Waals surface area contributed by atoms with Crippen molar-refractivity contribution in [3.8, 4) is 0 Å². The minimum absolute atomic E-state index is 0.0767. The second kappa shape index (κ2) is 9.61. The van der Waals surface area contributed by atoms with Crippen LogP contribution in [0.5, 0.6) is 0 Å². The summed E-state index contributed by atoms with van der Waals surface area (Å²) in [5.41, 5.74) is 8.68. The Morgan fingerprint density at radius 3 is 2.40 bits per heavy atom. The quantitative estimate of drug-likeness (QED) is 0.454. The van der Waals surface area contributed by atoms with Crippen LogP contribution in [-0.4, -0.2) is 26.0 Å². The molecule has 0 spiro atoms. The molecule has 0 saturated heterocycles. The third-order valence-electron chi connectivity index (χ3n) is 5.29. The first-order chi connectivity index (χ1) is 14.4. The van der Waals surface area contributed by atoms with Gasteiger partial charge in [0.15, 0.2) is 0 Å². The molecule has 1 atom stereocenters. The second-order valence-electron chi connectivity index (χ2n) is 7.75. The maximum atomic E-state index is 11.6. The highest BCUT2D eigenvalue weighted by atomic mass is 16.5. The topological polar surface area (TPSA) is 78.4 Å². The molecule has 0 aliphatic heterocycles. The molecule has 2 N–H and O–H groups in total. The summed E-state index contributed by atoms with van der Waals surface area (Å²) in [6.07, 6.45) is 3.75. The van der Waals surface area contributed by atoms with Crippen LogP contribution < -0.4 is 5.48 Å². The van der Waals surface area contributed by atoms with Gasteiger partial charge in [0.2, 0.25) is 0 Å². The Balaban J connectivity index is 1.89. The van der Waals surface area contributed by atoms with Gasteiger partial charge in [0.25, 0.3) is 5.91 Å². The average molecular weight is 405 g/mol. The number of hydroxylamine groups is 1. The van der Waals surface area contributed by atoms with Crippen molar-refractivity contribution in [2.24, 2.45) is 0 Å². The van der Waals surface area contributed by atoms with Gasteiger partial charge in [-0.3, -0.25) is 24.9 Å². The Morgan fingerprint density at radius 2 is 1.77 bits per heavy atom. The highest BCUT2D eigenvalue weighted by Gasteiger charge is 2.20. The second-order valence-corrected chi connectivity index (χ2v) is 7.75. The Kier molecular flexibility index (Phi) is 6.92. The van der Waals surface area contributed by atoms with Gasteiger partial charge in [0.05, 0.1) is 11.4 Å². The maximum absolute atomic E-state index is 11.6. The lowest BCUT2D eigenvalue weighted by molar-refractivity contribution is 0.0706. The van der Waals surface area contributed by atoms with Crippen molar-refractivity contribution >= 4 is 5.91 Å². The maximum Gasteiger partial charge on any atom is 0.274 e. The van der Waals surface area contributed by atoms with Crippen molar-refractivity contribution in [2.75, 3.05) is 0 Å². The average Bonchev–Trinajstić information content (AvgIpc) is 2.74. The number of pyridine rings is 2. The van der Waals surface area contributed by atoms with Gasteiger partial charge in [0.1, 0.15) is 0 Å². The van der Waals surface area contributed by atoms with Crippen LogP contribution in [-0.2, 0) is 13.1 Å². The highest BCUT2D eigenvalue weighted by molar-refractivity contribution is 5.93. The number of benzene rings is 1. The first-order valence-electron chi connectivity index (χ1n) is 9.99. The normalized spacial score (nSPS) is 12.1. The first kappa shape index (κ1) is 21.6. The van der Waals surface area contributed by atoms with Crippen LogP contribution in [0.4, 0.5) is 0 Å². The van der Waals surface area contributed by atoms with E-state index in [4.69, 9.17) is 5.21 Å². The van der Waals surface area contributed by atoms with E-state index < -0.39 is 5.91 Å². The van der Waals surface area contributed by atoms with E-state index in [1.165, 1.54) is 11.1 Å². The molecule has 6 heteroatoms.